The lowest BCUT2D eigenvalue weighted by molar-refractivity contribution is -0.138. The van der Waals surface area contributed by atoms with Gasteiger partial charge in [0.05, 0.1) is 6.61 Å². The third kappa shape index (κ3) is 6.78. The molecule has 0 aliphatic carbocycles. The molecule has 100 valence electrons. The molecule has 0 rings (SSSR count). The van der Waals surface area contributed by atoms with Crippen LogP contribution in [0.15, 0.2) is 0 Å². The zero-order chi connectivity index (χ0) is 13.4. The number of aliphatic carboxylic acids is 1. The average molecular weight is 246 g/mol. The Labute approximate surface area is 102 Å². The van der Waals surface area contributed by atoms with Gasteiger partial charge in [-0.2, -0.15) is 0 Å². The number of carbonyl (C=O) groups is 2. The van der Waals surface area contributed by atoms with Gasteiger partial charge >= 0.3 is 12.0 Å². The van der Waals surface area contributed by atoms with Crippen molar-refractivity contribution >= 4 is 12.0 Å². The van der Waals surface area contributed by atoms with E-state index in [1.165, 1.54) is 4.90 Å². The number of nitrogens with zero attached hydrogens (tertiary/aromatic N) is 1. The molecule has 0 saturated carbocycles. The Morgan fingerprint density at radius 1 is 1.35 bits per heavy atom. The number of urea groups is 1. The van der Waals surface area contributed by atoms with Gasteiger partial charge in [0.25, 0.3) is 0 Å². The second-order valence-corrected chi connectivity index (χ2v) is 4.36. The lowest BCUT2D eigenvalue weighted by Crippen LogP contribution is -2.47. The maximum atomic E-state index is 11.7. The molecule has 0 aromatic heterocycles. The Hall–Kier alpha value is -1.30. The molecule has 2 amide bonds. The summed E-state index contributed by atoms with van der Waals surface area (Å²) in [4.78, 5) is 23.6. The highest BCUT2D eigenvalue weighted by Crippen LogP contribution is 2.00. The second kappa shape index (κ2) is 7.89. The minimum Gasteiger partial charge on any atom is -0.480 e. The number of hydrogen-bond donors (Lipinski definition) is 2. The van der Waals surface area contributed by atoms with Gasteiger partial charge in [-0.25, -0.2) is 4.79 Å². The molecule has 6 heteroatoms. The van der Waals surface area contributed by atoms with Crippen LogP contribution in [0.1, 0.15) is 20.8 Å². The largest absolute Gasteiger partial charge is 0.480 e. The molecule has 0 heterocycles. The van der Waals surface area contributed by atoms with Crippen molar-refractivity contribution in [1.29, 1.82) is 0 Å². The number of ether oxygens (including phenoxy) is 1. The van der Waals surface area contributed by atoms with Crippen LogP contribution >= 0.6 is 0 Å². The SMILES string of the molecule is COCC(C)CNC(=O)N(CC(=O)O)C(C)C. The first kappa shape index (κ1) is 15.7. The highest BCUT2D eigenvalue weighted by atomic mass is 16.5. The predicted octanol–water partition coefficient (Wildman–Crippen LogP) is 0.773. The Morgan fingerprint density at radius 3 is 2.35 bits per heavy atom. The van der Waals surface area contributed by atoms with E-state index in [2.05, 4.69) is 5.32 Å². The lowest BCUT2D eigenvalue weighted by Gasteiger charge is -2.25. The summed E-state index contributed by atoms with van der Waals surface area (Å²) in [6.45, 7) is 6.24. The summed E-state index contributed by atoms with van der Waals surface area (Å²) in [5, 5.41) is 11.4. The van der Waals surface area contributed by atoms with Gasteiger partial charge in [-0.1, -0.05) is 6.92 Å². The van der Waals surface area contributed by atoms with Crippen LogP contribution in [0.5, 0.6) is 0 Å². The Kier molecular flexibility index (Phi) is 7.29. The molecule has 0 fully saturated rings. The van der Waals surface area contributed by atoms with Crippen molar-refractivity contribution in [3.05, 3.63) is 0 Å². The molecule has 1 atom stereocenters. The van der Waals surface area contributed by atoms with Crippen molar-refractivity contribution in [1.82, 2.24) is 10.2 Å². The standard InChI is InChI=1S/C11H22N2O4/c1-8(2)13(6-10(14)15)11(16)12-5-9(3)7-17-4/h8-9H,5-7H2,1-4H3,(H,12,16)(H,14,15). The van der Waals surface area contributed by atoms with Crippen LogP contribution in [0.4, 0.5) is 4.79 Å². The van der Waals surface area contributed by atoms with Crippen molar-refractivity contribution in [2.75, 3.05) is 26.8 Å². The van der Waals surface area contributed by atoms with E-state index in [9.17, 15) is 9.59 Å². The highest BCUT2D eigenvalue weighted by molar-refractivity contribution is 5.80. The third-order valence-electron chi connectivity index (χ3n) is 2.24. The quantitative estimate of drug-likeness (QED) is 0.695. The van der Waals surface area contributed by atoms with Crippen LogP contribution in [0, 0.1) is 5.92 Å². The maximum absolute atomic E-state index is 11.7. The van der Waals surface area contributed by atoms with Gasteiger partial charge in [-0.15, -0.1) is 0 Å². The Morgan fingerprint density at radius 2 is 1.94 bits per heavy atom. The van der Waals surface area contributed by atoms with Crippen LogP contribution in [-0.4, -0.2) is 54.9 Å². The monoisotopic (exact) mass is 246 g/mol. The van der Waals surface area contributed by atoms with Gasteiger partial charge in [-0.3, -0.25) is 4.79 Å². The maximum Gasteiger partial charge on any atom is 0.323 e. The molecule has 0 aromatic rings. The topological polar surface area (TPSA) is 78.9 Å². The molecule has 2 N–H and O–H groups in total. The van der Waals surface area contributed by atoms with Crippen molar-refractivity contribution in [2.24, 2.45) is 5.92 Å². The minimum absolute atomic E-state index is 0.149. The number of methoxy groups -OCH3 is 1. The smallest absolute Gasteiger partial charge is 0.323 e. The third-order valence-corrected chi connectivity index (χ3v) is 2.24. The molecule has 6 nitrogen and oxygen atoms in total. The van der Waals surface area contributed by atoms with Crippen LogP contribution in [0.25, 0.3) is 0 Å². The number of carbonyl (C=O) groups excluding carboxylic acids is 1. The van der Waals surface area contributed by atoms with Gasteiger partial charge in [0.15, 0.2) is 0 Å². The second-order valence-electron chi connectivity index (χ2n) is 4.36. The molecule has 17 heavy (non-hydrogen) atoms. The molecule has 0 spiro atoms. The molecular formula is C11H22N2O4. The summed E-state index contributed by atoms with van der Waals surface area (Å²) in [7, 11) is 1.60. The lowest BCUT2D eigenvalue weighted by atomic mass is 10.2. The first-order valence-corrected chi connectivity index (χ1v) is 5.63. The fourth-order valence-electron chi connectivity index (χ4n) is 1.34. The number of rotatable bonds is 7. The van der Waals surface area contributed by atoms with E-state index in [1.54, 1.807) is 21.0 Å². The Bertz CT molecular complexity index is 256. The molecule has 1 unspecified atom stereocenters. The van der Waals surface area contributed by atoms with Gasteiger partial charge in [0.2, 0.25) is 0 Å². The van der Waals surface area contributed by atoms with E-state index in [1.807, 2.05) is 6.92 Å². The fraction of sp³-hybridized carbons (Fsp3) is 0.818. The molecule has 0 saturated heterocycles. The van der Waals surface area contributed by atoms with Crippen molar-refractivity contribution in [3.63, 3.8) is 0 Å². The zero-order valence-electron chi connectivity index (χ0n) is 10.9. The van der Waals surface area contributed by atoms with Gasteiger partial charge in [0, 0.05) is 19.7 Å². The summed E-state index contributed by atoms with van der Waals surface area (Å²) >= 11 is 0. The molecule has 0 bridgehead atoms. The summed E-state index contributed by atoms with van der Waals surface area (Å²) in [6.07, 6.45) is 0. The minimum atomic E-state index is -1.02. The number of nitrogens with one attached hydrogen (secondary N) is 1. The van der Waals surface area contributed by atoms with E-state index in [0.717, 1.165) is 0 Å². The Balaban J connectivity index is 4.19. The molecule has 0 radical (unpaired) electrons. The summed E-state index contributed by atoms with van der Waals surface area (Å²) in [5.74, 6) is -0.818. The first-order valence-electron chi connectivity index (χ1n) is 5.63. The van der Waals surface area contributed by atoms with Crippen molar-refractivity contribution in [3.8, 4) is 0 Å². The number of amides is 2. The fourth-order valence-corrected chi connectivity index (χ4v) is 1.34. The van der Waals surface area contributed by atoms with Crippen LogP contribution in [0.2, 0.25) is 0 Å². The first-order chi connectivity index (χ1) is 7.88. The van der Waals surface area contributed by atoms with E-state index in [0.29, 0.717) is 13.2 Å². The van der Waals surface area contributed by atoms with Crippen LogP contribution in [-0.2, 0) is 9.53 Å². The normalized spacial score (nSPS) is 12.3. The van der Waals surface area contributed by atoms with E-state index >= 15 is 0 Å². The van der Waals surface area contributed by atoms with Gasteiger partial charge < -0.3 is 20.1 Å². The summed E-state index contributed by atoms with van der Waals surface area (Å²) in [6, 6.07) is -0.505. The summed E-state index contributed by atoms with van der Waals surface area (Å²) in [5.41, 5.74) is 0. The number of hydrogen-bond acceptors (Lipinski definition) is 3. The zero-order valence-corrected chi connectivity index (χ0v) is 10.9. The molecule has 0 aromatic carbocycles. The number of carboxylic acid groups (broad SMARTS) is 1. The molecule has 0 aliphatic heterocycles. The van der Waals surface area contributed by atoms with Gasteiger partial charge in [-0.05, 0) is 19.8 Å². The van der Waals surface area contributed by atoms with Crippen LogP contribution < -0.4 is 5.32 Å². The van der Waals surface area contributed by atoms with Gasteiger partial charge in [0.1, 0.15) is 6.54 Å². The van der Waals surface area contributed by atoms with E-state index in [-0.39, 0.29) is 24.5 Å². The van der Waals surface area contributed by atoms with Crippen molar-refractivity contribution in [2.45, 2.75) is 26.8 Å². The summed E-state index contributed by atoms with van der Waals surface area (Å²) < 4.78 is 4.95. The van der Waals surface area contributed by atoms with E-state index in [4.69, 9.17) is 9.84 Å². The predicted molar refractivity (Wildman–Crippen MR) is 63.9 cm³/mol. The number of carboxylic acids is 1. The molecule has 0 aliphatic rings. The molecular weight excluding hydrogens is 224 g/mol. The average Bonchev–Trinajstić information content (AvgIpc) is 2.22. The van der Waals surface area contributed by atoms with Crippen molar-refractivity contribution < 1.29 is 19.4 Å². The van der Waals surface area contributed by atoms with E-state index < -0.39 is 5.97 Å². The highest BCUT2D eigenvalue weighted by Gasteiger charge is 2.19. The van der Waals surface area contributed by atoms with Crippen LogP contribution in [0.3, 0.4) is 0 Å².